The van der Waals surface area contributed by atoms with Gasteiger partial charge in [-0.25, -0.2) is 0 Å². The Bertz CT molecular complexity index is 90.1. The number of alkyl halides is 1. The highest BCUT2D eigenvalue weighted by Crippen LogP contribution is 2.25. The van der Waals surface area contributed by atoms with E-state index in [0.717, 1.165) is 18.6 Å². The molecule has 0 spiro atoms. The van der Waals surface area contributed by atoms with E-state index >= 15 is 0 Å². The molecule has 2 heteroatoms. The number of halogens is 1. The highest BCUT2D eigenvalue weighted by Gasteiger charge is 2.13. The third kappa shape index (κ3) is 1.33. The van der Waals surface area contributed by atoms with Gasteiger partial charge in [0.2, 0.25) is 0 Å². The van der Waals surface area contributed by atoms with Gasteiger partial charge in [-0.3, -0.25) is 0 Å². The van der Waals surface area contributed by atoms with E-state index in [1.165, 1.54) is 0 Å². The van der Waals surface area contributed by atoms with Gasteiger partial charge in [-0.2, -0.15) is 0 Å². The van der Waals surface area contributed by atoms with Crippen molar-refractivity contribution in [3.05, 3.63) is 12.3 Å². The molecule has 1 rings (SSSR count). The number of ether oxygens (including phenoxy) is 1. The predicted molar refractivity (Wildman–Crippen MR) is 37.3 cm³/mol. The summed E-state index contributed by atoms with van der Waals surface area (Å²) in [5.41, 5.74) is 0. The highest BCUT2D eigenvalue weighted by atomic mass is 127. The smallest absolute Gasteiger partial charge is 0.149 e. The molecule has 7 heavy (non-hydrogen) atoms. The first-order valence-corrected chi connectivity index (χ1v) is 3.52. The summed E-state index contributed by atoms with van der Waals surface area (Å²) in [6.07, 6.45) is 2.19. The zero-order chi connectivity index (χ0) is 5.28. The van der Waals surface area contributed by atoms with Gasteiger partial charge < -0.3 is 4.74 Å². The van der Waals surface area contributed by atoms with Gasteiger partial charge in [0.25, 0.3) is 0 Å². The SMILES string of the molecule is C=C1CCC(I)O1. The van der Waals surface area contributed by atoms with Crippen LogP contribution in [0.25, 0.3) is 0 Å². The summed E-state index contributed by atoms with van der Waals surface area (Å²) in [6, 6.07) is 0. The Morgan fingerprint density at radius 2 is 2.57 bits per heavy atom. The predicted octanol–water partition coefficient (Wildman–Crippen LogP) is 2.07. The van der Waals surface area contributed by atoms with Gasteiger partial charge in [-0.05, 0) is 22.6 Å². The second-order valence-electron chi connectivity index (χ2n) is 1.61. The van der Waals surface area contributed by atoms with Crippen LogP contribution in [0.15, 0.2) is 12.3 Å². The van der Waals surface area contributed by atoms with Crippen molar-refractivity contribution in [3.8, 4) is 0 Å². The molecule has 1 fully saturated rings. The maximum absolute atomic E-state index is 5.15. The first-order valence-electron chi connectivity index (χ1n) is 2.27. The lowest BCUT2D eigenvalue weighted by Gasteiger charge is -1.97. The second-order valence-corrected chi connectivity index (χ2v) is 2.99. The van der Waals surface area contributed by atoms with Gasteiger partial charge in [0.05, 0.1) is 5.76 Å². The first kappa shape index (κ1) is 5.41. The Labute approximate surface area is 56.9 Å². The quantitative estimate of drug-likeness (QED) is 0.439. The molecule has 1 nitrogen and oxygen atoms in total. The maximum atomic E-state index is 5.15. The van der Waals surface area contributed by atoms with Crippen molar-refractivity contribution in [1.82, 2.24) is 0 Å². The minimum absolute atomic E-state index is 0.394. The summed E-state index contributed by atoms with van der Waals surface area (Å²) >= 11 is 2.26. The van der Waals surface area contributed by atoms with Crippen molar-refractivity contribution in [1.29, 1.82) is 0 Å². The van der Waals surface area contributed by atoms with E-state index in [1.807, 2.05) is 0 Å². The van der Waals surface area contributed by atoms with Gasteiger partial charge in [0.1, 0.15) is 4.11 Å². The Hall–Kier alpha value is 0.270. The van der Waals surface area contributed by atoms with Crippen molar-refractivity contribution in [2.75, 3.05) is 0 Å². The Morgan fingerprint density at radius 3 is 2.71 bits per heavy atom. The normalized spacial score (nSPS) is 30.4. The summed E-state index contributed by atoms with van der Waals surface area (Å²) in [7, 11) is 0. The molecular weight excluding hydrogens is 203 g/mol. The summed E-state index contributed by atoms with van der Waals surface area (Å²) in [6.45, 7) is 3.68. The number of allylic oxidation sites excluding steroid dienone is 1. The second kappa shape index (κ2) is 2.03. The van der Waals surface area contributed by atoms with Crippen LogP contribution in [0.4, 0.5) is 0 Å². The largest absolute Gasteiger partial charge is 0.485 e. The molecule has 0 aromatic heterocycles. The number of rotatable bonds is 0. The van der Waals surface area contributed by atoms with E-state index in [-0.39, 0.29) is 0 Å². The topological polar surface area (TPSA) is 9.23 Å². The molecule has 1 saturated heterocycles. The van der Waals surface area contributed by atoms with Crippen LogP contribution < -0.4 is 0 Å². The van der Waals surface area contributed by atoms with Gasteiger partial charge in [-0.15, -0.1) is 0 Å². The van der Waals surface area contributed by atoms with Crippen LogP contribution in [0, 0.1) is 0 Å². The molecule has 0 bridgehead atoms. The van der Waals surface area contributed by atoms with Crippen molar-refractivity contribution in [2.45, 2.75) is 17.0 Å². The third-order valence-electron chi connectivity index (χ3n) is 0.945. The van der Waals surface area contributed by atoms with Gasteiger partial charge >= 0.3 is 0 Å². The summed E-state index contributed by atoms with van der Waals surface area (Å²) in [5.74, 6) is 0.944. The maximum Gasteiger partial charge on any atom is 0.149 e. The molecule has 1 aliphatic rings. The Balaban J connectivity index is 2.40. The zero-order valence-corrected chi connectivity index (χ0v) is 6.14. The van der Waals surface area contributed by atoms with Crippen molar-refractivity contribution < 1.29 is 4.74 Å². The van der Waals surface area contributed by atoms with Crippen LogP contribution >= 0.6 is 22.6 Å². The van der Waals surface area contributed by atoms with E-state index < -0.39 is 0 Å². The molecule has 1 atom stereocenters. The van der Waals surface area contributed by atoms with Gasteiger partial charge in [-0.1, -0.05) is 6.58 Å². The van der Waals surface area contributed by atoms with Crippen LogP contribution in [0.1, 0.15) is 12.8 Å². The van der Waals surface area contributed by atoms with E-state index in [4.69, 9.17) is 4.74 Å². The van der Waals surface area contributed by atoms with Crippen molar-refractivity contribution >= 4 is 22.6 Å². The standard InChI is InChI=1S/C5H7IO/c1-4-2-3-5(6)7-4/h5H,1-3H2. The third-order valence-corrected chi connectivity index (χ3v) is 1.82. The molecule has 0 amide bonds. The van der Waals surface area contributed by atoms with Crippen LogP contribution in [-0.2, 0) is 4.74 Å². The molecular formula is C5H7IO. The van der Waals surface area contributed by atoms with Crippen molar-refractivity contribution in [2.24, 2.45) is 0 Å². The first-order chi connectivity index (χ1) is 3.29. The molecule has 0 radical (unpaired) electrons. The molecule has 1 heterocycles. The average molecular weight is 210 g/mol. The minimum Gasteiger partial charge on any atom is -0.485 e. The lowest BCUT2D eigenvalue weighted by molar-refractivity contribution is 0.249. The molecule has 40 valence electrons. The van der Waals surface area contributed by atoms with Crippen LogP contribution in [-0.4, -0.2) is 4.11 Å². The highest BCUT2D eigenvalue weighted by molar-refractivity contribution is 14.1. The summed E-state index contributed by atoms with van der Waals surface area (Å²) < 4.78 is 5.55. The minimum atomic E-state index is 0.394. The van der Waals surface area contributed by atoms with E-state index in [1.54, 1.807) is 0 Å². The monoisotopic (exact) mass is 210 g/mol. The molecule has 0 saturated carbocycles. The lowest BCUT2D eigenvalue weighted by atomic mass is 10.3. The molecule has 1 aliphatic heterocycles. The number of hydrogen-bond acceptors (Lipinski definition) is 1. The lowest BCUT2D eigenvalue weighted by Crippen LogP contribution is -1.87. The Kier molecular flexibility index (Phi) is 1.57. The molecule has 1 unspecified atom stereocenters. The Morgan fingerprint density at radius 1 is 1.86 bits per heavy atom. The fourth-order valence-electron chi connectivity index (χ4n) is 0.573. The van der Waals surface area contributed by atoms with E-state index in [0.29, 0.717) is 4.11 Å². The molecule has 0 N–H and O–H groups in total. The zero-order valence-electron chi connectivity index (χ0n) is 3.98. The molecule has 0 aromatic carbocycles. The average Bonchev–Trinajstić information content (AvgIpc) is 1.87. The van der Waals surface area contributed by atoms with E-state index in [9.17, 15) is 0 Å². The molecule has 0 aromatic rings. The number of hydrogen-bond donors (Lipinski definition) is 0. The molecule has 0 aliphatic carbocycles. The summed E-state index contributed by atoms with van der Waals surface area (Å²) in [4.78, 5) is 0. The van der Waals surface area contributed by atoms with Crippen molar-refractivity contribution in [3.63, 3.8) is 0 Å². The van der Waals surface area contributed by atoms with Gasteiger partial charge in [0, 0.05) is 12.8 Å². The fraction of sp³-hybridized carbons (Fsp3) is 0.600. The van der Waals surface area contributed by atoms with Gasteiger partial charge in [0.15, 0.2) is 0 Å². The van der Waals surface area contributed by atoms with Crippen LogP contribution in [0.3, 0.4) is 0 Å². The fourth-order valence-corrected chi connectivity index (χ4v) is 1.24. The van der Waals surface area contributed by atoms with E-state index in [2.05, 4.69) is 29.2 Å². The van der Waals surface area contributed by atoms with Crippen LogP contribution in [0.2, 0.25) is 0 Å². The summed E-state index contributed by atoms with van der Waals surface area (Å²) in [5, 5.41) is 0. The van der Waals surface area contributed by atoms with Crippen LogP contribution in [0.5, 0.6) is 0 Å².